The lowest BCUT2D eigenvalue weighted by atomic mass is 10.2. The van der Waals surface area contributed by atoms with Crippen molar-refractivity contribution in [1.29, 1.82) is 0 Å². The molecule has 0 amide bonds. The molecule has 1 fully saturated rings. The maximum atomic E-state index is 12.6. The van der Waals surface area contributed by atoms with Crippen LogP contribution in [0.1, 0.15) is 20.8 Å². The first-order chi connectivity index (χ1) is 9.91. The van der Waals surface area contributed by atoms with Gasteiger partial charge in [-0.25, -0.2) is 8.42 Å². The molecular formula is C15H24N2O3S. The molecule has 0 spiro atoms. The molecule has 0 unspecified atom stereocenters. The van der Waals surface area contributed by atoms with Crippen molar-refractivity contribution in [3.63, 3.8) is 0 Å². The lowest BCUT2D eigenvalue weighted by molar-refractivity contribution is 0.270. The van der Waals surface area contributed by atoms with Gasteiger partial charge in [0, 0.05) is 25.7 Å². The van der Waals surface area contributed by atoms with Crippen LogP contribution < -0.4 is 10.1 Å². The highest BCUT2D eigenvalue weighted by molar-refractivity contribution is 7.89. The first-order valence-electron chi connectivity index (χ1n) is 7.36. The second-order valence-corrected chi connectivity index (χ2v) is 7.74. The summed E-state index contributed by atoms with van der Waals surface area (Å²) in [5, 5.41) is 3.20. The molecule has 1 saturated heterocycles. The average Bonchev–Trinajstić information content (AvgIpc) is 2.46. The Labute approximate surface area is 127 Å². The van der Waals surface area contributed by atoms with Crippen LogP contribution in [0.3, 0.4) is 0 Å². The van der Waals surface area contributed by atoms with E-state index in [0.29, 0.717) is 42.8 Å². The van der Waals surface area contributed by atoms with Crippen molar-refractivity contribution < 1.29 is 13.2 Å². The van der Waals surface area contributed by atoms with Crippen molar-refractivity contribution in [2.24, 2.45) is 5.92 Å². The van der Waals surface area contributed by atoms with Crippen LogP contribution in [0, 0.1) is 5.92 Å². The van der Waals surface area contributed by atoms with E-state index in [1.165, 1.54) is 0 Å². The van der Waals surface area contributed by atoms with Crippen LogP contribution in [0.2, 0.25) is 0 Å². The molecule has 21 heavy (non-hydrogen) atoms. The molecule has 118 valence electrons. The fourth-order valence-electron chi connectivity index (χ4n) is 2.29. The Kier molecular flexibility index (Phi) is 5.24. The van der Waals surface area contributed by atoms with Crippen LogP contribution in [-0.4, -0.2) is 45.0 Å². The molecule has 1 aliphatic rings. The number of nitrogens with one attached hydrogen (secondary N) is 1. The molecule has 1 N–H and O–H groups in total. The third-order valence-corrected chi connectivity index (χ3v) is 5.48. The first-order valence-corrected chi connectivity index (χ1v) is 8.80. The van der Waals surface area contributed by atoms with Gasteiger partial charge in [0.25, 0.3) is 0 Å². The minimum atomic E-state index is -3.42. The van der Waals surface area contributed by atoms with E-state index in [1.54, 1.807) is 28.6 Å². The summed E-state index contributed by atoms with van der Waals surface area (Å²) in [4.78, 5) is 0.327. The van der Waals surface area contributed by atoms with Crippen LogP contribution in [-0.2, 0) is 10.0 Å². The maximum Gasteiger partial charge on any atom is 0.243 e. The van der Waals surface area contributed by atoms with E-state index in [9.17, 15) is 8.42 Å². The Morgan fingerprint density at radius 1 is 1.33 bits per heavy atom. The third-order valence-electron chi connectivity index (χ3n) is 3.45. The van der Waals surface area contributed by atoms with E-state index in [2.05, 4.69) is 19.2 Å². The van der Waals surface area contributed by atoms with Gasteiger partial charge in [0.1, 0.15) is 5.75 Å². The third kappa shape index (κ3) is 3.96. The number of ether oxygens (including phenoxy) is 1. The van der Waals surface area contributed by atoms with Crippen LogP contribution in [0.4, 0.5) is 0 Å². The molecule has 0 saturated carbocycles. The minimum absolute atomic E-state index is 0.0272. The topological polar surface area (TPSA) is 58.6 Å². The Morgan fingerprint density at radius 2 is 2.00 bits per heavy atom. The number of piperazine rings is 1. The molecule has 1 heterocycles. The Balaban J connectivity index is 2.13. The normalized spacial score (nSPS) is 20.7. The molecule has 1 aromatic carbocycles. The van der Waals surface area contributed by atoms with Gasteiger partial charge in [0.15, 0.2) is 0 Å². The number of sulfonamides is 1. The van der Waals surface area contributed by atoms with Gasteiger partial charge in [0.2, 0.25) is 10.0 Å². The number of hydrogen-bond acceptors (Lipinski definition) is 4. The second-order valence-electron chi connectivity index (χ2n) is 5.85. The molecule has 2 rings (SSSR count). The molecular weight excluding hydrogens is 288 g/mol. The van der Waals surface area contributed by atoms with Gasteiger partial charge in [-0.05, 0) is 37.1 Å². The Morgan fingerprint density at radius 3 is 2.57 bits per heavy atom. The van der Waals surface area contributed by atoms with Crippen LogP contribution in [0.15, 0.2) is 29.2 Å². The van der Waals surface area contributed by atoms with E-state index >= 15 is 0 Å². The smallest absolute Gasteiger partial charge is 0.243 e. The summed E-state index contributed by atoms with van der Waals surface area (Å²) in [6, 6.07) is 6.67. The van der Waals surface area contributed by atoms with Crippen molar-refractivity contribution in [2.75, 3.05) is 26.2 Å². The molecule has 0 bridgehead atoms. The molecule has 0 aliphatic carbocycles. The fourth-order valence-corrected chi connectivity index (χ4v) is 3.92. The van der Waals surface area contributed by atoms with Crippen LogP contribution in [0.25, 0.3) is 0 Å². The molecule has 1 aromatic rings. The number of nitrogens with zero attached hydrogens (tertiary/aromatic N) is 1. The second kappa shape index (κ2) is 6.77. The Bertz CT molecular complexity index is 555. The lowest BCUT2D eigenvalue weighted by Crippen LogP contribution is -2.52. The molecule has 5 nitrogen and oxygen atoms in total. The van der Waals surface area contributed by atoms with Gasteiger partial charge < -0.3 is 10.1 Å². The highest BCUT2D eigenvalue weighted by Gasteiger charge is 2.30. The summed E-state index contributed by atoms with van der Waals surface area (Å²) in [6.45, 7) is 8.59. The predicted molar refractivity (Wildman–Crippen MR) is 83.0 cm³/mol. The monoisotopic (exact) mass is 312 g/mol. The van der Waals surface area contributed by atoms with E-state index in [0.717, 1.165) is 0 Å². The fraction of sp³-hybridized carbons (Fsp3) is 0.600. The highest BCUT2D eigenvalue weighted by atomic mass is 32.2. The summed E-state index contributed by atoms with van der Waals surface area (Å²) < 4.78 is 32.4. The largest absolute Gasteiger partial charge is 0.493 e. The molecule has 0 aromatic heterocycles. The van der Waals surface area contributed by atoms with Gasteiger partial charge in [0.05, 0.1) is 11.5 Å². The number of hydrogen-bond donors (Lipinski definition) is 1. The average molecular weight is 312 g/mol. The quantitative estimate of drug-likeness (QED) is 0.899. The van der Waals surface area contributed by atoms with Crippen molar-refractivity contribution in [3.05, 3.63) is 24.3 Å². The Hall–Kier alpha value is -1.11. The molecule has 6 heteroatoms. The van der Waals surface area contributed by atoms with Crippen molar-refractivity contribution in [3.8, 4) is 5.75 Å². The van der Waals surface area contributed by atoms with E-state index in [-0.39, 0.29) is 6.04 Å². The van der Waals surface area contributed by atoms with Crippen LogP contribution >= 0.6 is 0 Å². The van der Waals surface area contributed by atoms with E-state index in [4.69, 9.17) is 4.74 Å². The van der Waals surface area contributed by atoms with Gasteiger partial charge in [-0.2, -0.15) is 4.31 Å². The van der Waals surface area contributed by atoms with Crippen molar-refractivity contribution >= 4 is 10.0 Å². The van der Waals surface area contributed by atoms with E-state index < -0.39 is 10.0 Å². The zero-order valence-electron chi connectivity index (χ0n) is 12.9. The van der Waals surface area contributed by atoms with Crippen LogP contribution in [0.5, 0.6) is 5.75 Å². The predicted octanol–water partition coefficient (Wildman–Crippen LogP) is 1.70. The summed E-state index contributed by atoms with van der Waals surface area (Å²) >= 11 is 0. The number of rotatable bonds is 5. The van der Waals surface area contributed by atoms with Gasteiger partial charge >= 0.3 is 0 Å². The maximum absolute atomic E-state index is 12.6. The van der Waals surface area contributed by atoms with Crippen molar-refractivity contribution in [2.45, 2.75) is 31.7 Å². The summed E-state index contributed by atoms with van der Waals surface area (Å²) in [6.07, 6.45) is 0. The first kappa shape index (κ1) is 16.3. The summed E-state index contributed by atoms with van der Waals surface area (Å²) in [7, 11) is -3.42. The van der Waals surface area contributed by atoms with Crippen molar-refractivity contribution in [1.82, 2.24) is 9.62 Å². The lowest BCUT2D eigenvalue weighted by Gasteiger charge is -2.32. The molecule has 1 aliphatic heterocycles. The summed E-state index contributed by atoms with van der Waals surface area (Å²) in [5.41, 5.74) is 0. The highest BCUT2D eigenvalue weighted by Crippen LogP contribution is 2.22. The van der Waals surface area contributed by atoms with Gasteiger partial charge in [-0.15, -0.1) is 0 Å². The van der Waals surface area contributed by atoms with Gasteiger partial charge in [-0.3, -0.25) is 0 Å². The van der Waals surface area contributed by atoms with Gasteiger partial charge in [-0.1, -0.05) is 13.8 Å². The standard InChI is InChI=1S/C15H24N2O3S/c1-12(2)11-20-14-4-6-15(7-5-14)21(18,19)17-9-8-16-10-13(17)3/h4-7,12-13,16H,8-11H2,1-3H3/t13-/m0/s1. The molecule has 1 atom stereocenters. The molecule has 0 radical (unpaired) electrons. The SMILES string of the molecule is CC(C)COc1ccc(S(=O)(=O)N2CCNC[C@@H]2C)cc1. The number of benzene rings is 1. The zero-order chi connectivity index (χ0) is 15.5. The van der Waals surface area contributed by atoms with E-state index in [1.807, 2.05) is 6.92 Å². The minimum Gasteiger partial charge on any atom is -0.493 e. The zero-order valence-corrected chi connectivity index (χ0v) is 13.7. The summed E-state index contributed by atoms with van der Waals surface area (Å²) in [5.74, 6) is 1.14.